The van der Waals surface area contributed by atoms with Crippen LogP contribution in [-0.4, -0.2) is 18.5 Å². The third kappa shape index (κ3) is 4.41. The van der Waals surface area contributed by atoms with Gasteiger partial charge in [0.15, 0.2) is 0 Å². The minimum absolute atomic E-state index is 0.0925. The molecule has 0 saturated carbocycles. The van der Waals surface area contributed by atoms with E-state index in [0.717, 1.165) is 6.42 Å². The molecule has 2 heteroatoms. The molecule has 0 aromatic rings. The van der Waals surface area contributed by atoms with Gasteiger partial charge in [-0.1, -0.05) is 20.8 Å². The molecule has 0 N–H and O–H groups in total. The van der Waals surface area contributed by atoms with Crippen molar-refractivity contribution in [3.05, 3.63) is 0 Å². The molecule has 0 rings (SSSR count). The van der Waals surface area contributed by atoms with Crippen LogP contribution >= 0.6 is 0 Å². The van der Waals surface area contributed by atoms with E-state index in [9.17, 15) is 4.79 Å². The van der Waals surface area contributed by atoms with Gasteiger partial charge in [0.25, 0.3) is 0 Å². The topological polar surface area (TPSA) is 26.3 Å². The van der Waals surface area contributed by atoms with Crippen LogP contribution in [0.15, 0.2) is 0 Å². The molecule has 0 aliphatic carbocycles. The molecule has 0 amide bonds. The second kappa shape index (κ2) is 4.75. The number of Topliss-reactive ketones (excluding diaryl/α,β-unsaturated/α-hetero) is 1. The van der Waals surface area contributed by atoms with Crippen LogP contribution in [0.3, 0.4) is 0 Å². The zero-order valence-corrected chi connectivity index (χ0v) is 9.68. The fourth-order valence-electron chi connectivity index (χ4n) is 1.49. The highest BCUT2D eigenvalue weighted by molar-refractivity contribution is 5.82. The minimum atomic E-state index is -0.191. The van der Waals surface area contributed by atoms with Crippen molar-refractivity contribution < 1.29 is 9.53 Å². The maximum Gasteiger partial charge on any atom is 0.138 e. The van der Waals surface area contributed by atoms with Gasteiger partial charge in [0.05, 0.1) is 5.60 Å². The average Bonchev–Trinajstić information content (AvgIpc) is 2.02. The zero-order valence-electron chi connectivity index (χ0n) is 9.68. The first-order chi connectivity index (χ1) is 5.80. The van der Waals surface area contributed by atoms with E-state index in [1.54, 1.807) is 7.11 Å². The SMILES string of the molecule is COC(C)(C)C[C@H](C)C(=O)C(C)C. The Bertz CT molecular complexity index is 171. The van der Waals surface area contributed by atoms with Crippen LogP contribution in [-0.2, 0) is 9.53 Å². The lowest BCUT2D eigenvalue weighted by Crippen LogP contribution is -2.30. The normalized spacial score (nSPS) is 14.7. The van der Waals surface area contributed by atoms with Crippen molar-refractivity contribution in [3.63, 3.8) is 0 Å². The molecular formula is C11H22O2. The summed E-state index contributed by atoms with van der Waals surface area (Å²) in [5.74, 6) is 0.544. The Labute approximate surface area is 81.7 Å². The number of hydrogen-bond acceptors (Lipinski definition) is 2. The average molecular weight is 186 g/mol. The third-order valence-corrected chi connectivity index (χ3v) is 2.41. The van der Waals surface area contributed by atoms with E-state index in [4.69, 9.17) is 4.74 Å². The maximum absolute atomic E-state index is 11.6. The highest BCUT2D eigenvalue weighted by Gasteiger charge is 2.25. The molecule has 0 fully saturated rings. The summed E-state index contributed by atoms with van der Waals surface area (Å²) < 4.78 is 5.29. The number of carbonyl (C=O) groups is 1. The second-order valence-electron chi connectivity index (χ2n) is 4.63. The fraction of sp³-hybridized carbons (Fsp3) is 0.909. The summed E-state index contributed by atoms with van der Waals surface area (Å²) in [6, 6.07) is 0. The van der Waals surface area contributed by atoms with Crippen LogP contribution in [0.2, 0.25) is 0 Å². The fourth-order valence-corrected chi connectivity index (χ4v) is 1.49. The van der Waals surface area contributed by atoms with Gasteiger partial charge in [0, 0.05) is 18.9 Å². The van der Waals surface area contributed by atoms with Crippen LogP contribution in [0, 0.1) is 11.8 Å². The highest BCUT2D eigenvalue weighted by atomic mass is 16.5. The Balaban J connectivity index is 4.15. The minimum Gasteiger partial charge on any atom is -0.379 e. The van der Waals surface area contributed by atoms with E-state index < -0.39 is 0 Å². The van der Waals surface area contributed by atoms with Gasteiger partial charge in [-0.05, 0) is 20.3 Å². The summed E-state index contributed by atoms with van der Waals surface area (Å²) in [6.07, 6.45) is 0.792. The van der Waals surface area contributed by atoms with Crippen LogP contribution in [0.5, 0.6) is 0 Å². The monoisotopic (exact) mass is 186 g/mol. The number of carbonyl (C=O) groups excluding carboxylic acids is 1. The van der Waals surface area contributed by atoms with E-state index >= 15 is 0 Å². The van der Waals surface area contributed by atoms with Crippen molar-refractivity contribution in [2.24, 2.45) is 11.8 Å². The van der Waals surface area contributed by atoms with Crippen LogP contribution < -0.4 is 0 Å². The number of hydrogen-bond donors (Lipinski definition) is 0. The van der Waals surface area contributed by atoms with Crippen molar-refractivity contribution in [1.82, 2.24) is 0 Å². The molecule has 1 atom stereocenters. The summed E-state index contributed by atoms with van der Waals surface area (Å²) in [6.45, 7) is 9.88. The Hall–Kier alpha value is -0.370. The summed E-state index contributed by atoms with van der Waals surface area (Å²) in [5, 5.41) is 0. The Morgan fingerprint density at radius 1 is 1.31 bits per heavy atom. The van der Waals surface area contributed by atoms with E-state index in [-0.39, 0.29) is 17.4 Å². The molecule has 78 valence electrons. The standard InChI is InChI=1S/C11H22O2/c1-8(2)10(12)9(3)7-11(4,5)13-6/h8-9H,7H2,1-6H3/t9-/m0/s1. The second-order valence-corrected chi connectivity index (χ2v) is 4.63. The lowest BCUT2D eigenvalue weighted by molar-refractivity contribution is -0.127. The largest absolute Gasteiger partial charge is 0.379 e. The molecule has 0 saturated heterocycles. The first-order valence-corrected chi connectivity index (χ1v) is 4.89. The quantitative estimate of drug-likeness (QED) is 0.660. The highest BCUT2D eigenvalue weighted by Crippen LogP contribution is 2.21. The lowest BCUT2D eigenvalue weighted by atomic mass is 9.87. The van der Waals surface area contributed by atoms with Crippen molar-refractivity contribution in [2.45, 2.75) is 46.6 Å². The molecular weight excluding hydrogens is 164 g/mol. The van der Waals surface area contributed by atoms with Gasteiger partial charge in [-0.15, -0.1) is 0 Å². The molecule has 0 bridgehead atoms. The summed E-state index contributed by atoms with van der Waals surface area (Å²) in [5.41, 5.74) is -0.191. The van der Waals surface area contributed by atoms with Crippen molar-refractivity contribution in [2.75, 3.05) is 7.11 Å². The molecule has 0 aliphatic rings. The van der Waals surface area contributed by atoms with Gasteiger partial charge in [-0.25, -0.2) is 0 Å². The molecule has 0 spiro atoms. The number of methoxy groups -OCH3 is 1. The first-order valence-electron chi connectivity index (χ1n) is 4.89. The number of ether oxygens (including phenoxy) is 1. The summed E-state index contributed by atoms with van der Waals surface area (Å²) >= 11 is 0. The summed E-state index contributed by atoms with van der Waals surface area (Å²) in [7, 11) is 1.69. The lowest BCUT2D eigenvalue weighted by Gasteiger charge is -2.26. The molecule has 2 nitrogen and oxygen atoms in total. The molecule has 13 heavy (non-hydrogen) atoms. The van der Waals surface area contributed by atoms with Gasteiger partial charge < -0.3 is 4.74 Å². The Morgan fingerprint density at radius 2 is 1.77 bits per heavy atom. The molecule has 0 aromatic carbocycles. The van der Waals surface area contributed by atoms with Crippen molar-refractivity contribution in [1.29, 1.82) is 0 Å². The molecule has 0 aromatic heterocycles. The maximum atomic E-state index is 11.6. The third-order valence-electron chi connectivity index (χ3n) is 2.41. The Kier molecular flexibility index (Phi) is 4.62. The van der Waals surface area contributed by atoms with E-state index in [0.29, 0.717) is 5.78 Å². The van der Waals surface area contributed by atoms with Crippen molar-refractivity contribution in [3.8, 4) is 0 Å². The van der Waals surface area contributed by atoms with Crippen molar-refractivity contribution >= 4 is 5.78 Å². The van der Waals surface area contributed by atoms with Gasteiger partial charge in [-0.3, -0.25) is 4.79 Å². The predicted molar refractivity (Wildman–Crippen MR) is 54.7 cm³/mol. The summed E-state index contributed by atoms with van der Waals surface area (Å²) in [4.78, 5) is 11.6. The van der Waals surface area contributed by atoms with Gasteiger partial charge >= 0.3 is 0 Å². The van der Waals surface area contributed by atoms with Gasteiger partial charge in [-0.2, -0.15) is 0 Å². The smallest absolute Gasteiger partial charge is 0.138 e. The predicted octanol–water partition coefficient (Wildman–Crippen LogP) is 2.66. The van der Waals surface area contributed by atoms with Crippen LogP contribution in [0.1, 0.15) is 41.0 Å². The molecule has 0 aliphatic heterocycles. The van der Waals surface area contributed by atoms with Crippen LogP contribution in [0.4, 0.5) is 0 Å². The van der Waals surface area contributed by atoms with E-state index in [1.165, 1.54) is 0 Å². The first kappa shape index (κ1) is 12.6. The number of ketones is 1. The van der Waals surface area contributed by atoms with Gasteiger partial charge in [0.1, 0.15) is 5.78 Å². The number of rotatable bonds is 5. The van der Waals surface area contributed by atoms with Gasteiger partial charge in [0.2, 0.25) is 0 Å². The molecule has 0 radical (unpaired) electrons. The zero-order chi connectivity index (χ0) is 10.6. The Morgan fingerprint density at radius 3 is 2.08 bits per heavy atom. The molecule has 0 heterocycles. The van der Waals surface area contributed by atoms with E-state index in [1.807, 2.05) is 34.6 Å². The van der Waals surface area contributed by atoms with E-state index in [2.05, 4.69) is 0 Å². The van der Waals surface area contributed by atoms with Crippen LogP contribution in [0.25, 0.3) is 0 Å². The molecule has 0 unspecified atom stereocenters.